The molecule has 0 aliphatic heterocycles. The van der Waals surface area contributed by atoms with Gasteiger partial charge in [-0.15, -0.1) is 0 Å². The number of nitrogens with zero attached hydrogens (tertiary/aromatic N) is 2. The Bertz CT molecular complexity index is 238. The van der Waals surface area contributed by atoms with Gasteiger partial charge in [0.05, 0.1) is 0 Å². The Morgan fingerprint density at radius 2 is 0.875 bits per heavy atom. The molecule has 0 N–H and O–H groups in total. The molecule has 0 radical (unpaired) electrons. The van der Waals surface area contributed by atoms with Crippen LogP contribution in [0, 0.1) is 0 Å². The molecule has 0 aliphatic rings. The molecule has 0 bridgehead atoms. The maximum atomic E-state index is 4.82. The van der Waals surface area contributed by atoms with E-state index in [1.54, 1.807) is 4.44 Å². The minimum absolute atomic E-state index is 0.160. The fourth-order valence-corrected chi connectivity index (χ4v) is 22.3. The summed E-state index contributed by atoms with van der Waals surface area (Å²) in [5.41, 5.74) is 0. The van der Waals surface area contributed by atoms with Crippen LogP contribution in [0.15, 0.2) is 0 Å². The molecule has 0 rings (SSSR count). The standard InChI is InChI=1S/2C6H18NSi2.C4H9.HI.Sn/c2*1-8(2,3)7-9(4,5)6;1-3-4-2;;/h2*1-6H3;1,3-4H2,2H3;1H;/q2*-1;;;+3/p-1. The Morgan fingerprint density at radius 3 is 0.917 bits per heavy atom. The van der Waals surface area contributed by atoms with Crippen molar-refractivity contribution in [2.75, 3.05) is 0 Å². The van der Waals surface area contributed by atoms with E-state index in [1.807, 2.05) is 0 Å². The van der Waals surface area contributed by atoms with Crippen LogP contribution in [0.5, 0.6) is 0 Å². The summed E-state index contributed by atoms with van der Waals surface area (Å²) in [4.78, 5) is 0. The van der Waals surface area contributed by atoms with Gasteiger partial charge in [0, 0.05) is 0 Å². The van der Waals surface area contributed by atoms with Gasteiger partial charge >= 0.3 is 60.0 Å². The summed E-state index contributed by atoms with van der Waals surface area (Å²) in [5.74, 6) is 0. The summed E-state index contributed by atoms with van der Waals surface area (Å²) in [6.45, 7) is 29.8. The van der Waals surface area contributed by atoms with Crippen LogP contribution in [0.3, 0.4) is 0 Å². The molecule has 0 saturated carbocycles. The molecule has 0 heterocycles. The third-order valence-corrected chi connectivity index (χ3v) is 17.9. The summed E-state index contributed by atoms with van der Waals surface area (Å²) < 4.78 is 11.2. The first-order valence-corrected chi connectivity index (χ1v) is 33.3. The SMILES string of the molecule is CCC[CH2][Sn+2][I].C[Si](C)(C)[N-][Si](C)(C)C.C[Si](C)(C)[N-][Si](C)(C)C. The van der Waals surface area contributed by atoms with Crippen molar-refractivity contribution >= 4 is 68.7 Å². The van der Waals surface area contributed by atoms with Crippen LogP contribution in [0.25, 0.3) is 9.30 Å². The van der Waals surface area contributed by atoms with Gasteiger partial charge in [0.2, 0.25) is 0 Å². The van der Waals surface area contributed by atoms with E-state index in [4.69, 9.17) is 9.30 Å². The zero-order valence-corrected chi connectivity index (χ0v) is 27.9. The predicted octanol–water partition coefficient (Wildman–Crippen LogP) is 8.32. The van der Waals surface area contributed by atoms with Crippen LogP contribution in [-0.4, -0.2) is 50.1 Å². The van der Waals surface area contributed by atoms with Crippen LogP contribution < -0.4 is 0 Å². The second-order valence-electron chi connectivity index (χ2n) is 10.1. The molecule has 0 aliphatic carbocycles. The van der Waals surface area contributed by atoms with Crippen LogP contribution >= 0.6 is 18.6 Å². The van der Waals surface area contributed by atoms with Crippen LogP contribution in [0.2, 0.25) is 83.0 Å². The van der Waals surface area contributed by atoms with Crippen molar-refractivity contribution in [3.8, 4) is 0 Å². The fourth-order valence-electron chi connectivity index (χ4n) is 2.26. The number of halogens is 1. The van der Waals surface area contributed by atoms with Crippen LogP contribution in [0.4, 0.5) is 0 Å². The summed E-state index contributed by atoms with van der Waals surface area (Å²) >= 11 is 2.74. The Morgan fingerprint density at radius 1 is 0.625 bits per heavy atom. The summed E-state index contributed by atoms with van der Waals surface area (Å²) in [6, 6.07) is 0. The summed E-state index contributed by atoms with van der Waals surface area (Å²) in [5, 5.41) is 0. The quantitative estimate of drug-likeness (QED) is 0.155. The van der Waals surface area contributed by atoms with E-state index in [1.165, 1.54) is 12.8 Å². The zero-order valence-electron chi connectivity index (χ0n) is 18.9. The second kappa shape index (κ2) is 14.3. The van der Waals surface area contributed by atoms with E-state index in [0.29, 0.717) is 0 Å². The van der Waals surface area contributed by atoms with Gasteiger partial charge in [-0.25, -0.2) is 0 Å². The summed E-state index contributed by atoms with van der Waals surface area (Å²) in [6.07, 6.45) is 2.87. The van der Waals surface area contributed by atoms with Crippen molar-refractivity contribution in [1.29, 1.82) is 0 Å². The largest absolute Gasteiger partial charge is 0.668 e. The first kappa shape index (κ1) is 31.0. The third kappa shape index (κ3) is 44.1. The Balaban J connectivity index is -0.000000282. The van der Waals surface area contributed by atoms with Gasteiger partial charge in [-0.1, -0.05) is 112 Å². The normalized spacial score (nSPS) is 12.4. The first-order chi connectivity index (χ1) is 10.3. The second-order valence-corrected chi connectivity index (χ2v) is 36.6. The maximum absolute atomic E-state index is 4.82. The van der Waals surface area contributed by atoms with Crippen molar-refractivity contribution < 1.29 is 0 Å². The molecule has 0 atom stereocenters. The van der Waals surface area contributed by atoms with Crippen molar-refractivity contribution in [3.63, 3.8) is 0 Å². The third-order valence-electron chi connectivity index (χ3n) is 1.97. The van der Waals surface area contributed by atoms with Gasteiger partial charge in [0.15, 0.2) is 0 Å². The van der Waals surface area contributed by atoms with Gasteiger partial charge in [0.25, 0.3) is 0 Å². The zero-order chi connectivity index (χ0) is 20.2. The van der Waals surface area contributed by atoms with Gasteiger partial charge < -0.3 is 9.30 Å². The number of rotatable bonds is 7. The van der Waals surface area contributed by atoms with Crippen molar-refractivity contribution in [2.24, 2.45) is 0 Å². The van der Waals surface area contributed by atoms with Gasteiger partial charge in [0.1, 0.15) is 0 Å². The number of hydrogen-bond donors (Lipinski definition) is 0. The molecular formula is C16H45IN2Si4Sn. The van der Waals surface area contributed by atoms with Crippen molar-refractivity contribution in [2.45, 2.75) is 103 Å². The molecule has 24 heavy (non-hydrogen) atoms. The molecule has 0 unspecified atom stereocenters. The monoisotopic (exact) mass is 624 g/mol. The topological polar surface area (TPSA) is 28.2 Å². The molecule has 146 valence electrons. The Kier molecular flexibility index (Phi) is 18.5. The molecule has 0 spiro atoms. The van der Waals surface area contributed by atoms with E-state index >= 15 is 0 Å². The number of hydrogen-bond acceptors (Lipinski definition) is 0. The van der Waals surface area contributed by atoms with E-state index in [2.05, 4.69) is 104 Å². The fraction of sp³-hybridized carbons (Fsp3) is 1.00. The molecule has 8 heteroatoms. The average molecular weight is 624 g/mol. The summed E-state index contributed by atoms with van der Waals surface area (Å²) in [7, 11) is -4.42. The molecule has 0 fully saturated rings. The molecule has 0 aromatic carbocycles. The van der Waals surface area contributed by atoms with Crippen LogP contribution in [0.1, 0.15) is 19.8 Å². The van der Waals surface area contributed by atoms with Gasteiger partial charge in [-0.2, -0.15) is 0 Å². The molecule has 0 aromatic heterocycles. The van der Waals surface area contributed by atoms with E-state index in [0.717, 1.165) is 0 Å². The predicted molar refractivity (Wildman–Crippen MR) is 140 cm³/mol. The molecule has 0 amide bonds. The average Bonchev–Trinajstić information content (AvgIpc) is 2.17. The maximum Gasteiger partial charge on any atom is -0.0691 e. The van der Waals surface area contributed by atoms with Crippen LogP contribution in [-0.2, 0) is 0 Å². The van der Waals surface area contributed by atoms with Gasteiger partial charge in [-0.3, -0.25) is 0 Å². The minimum atomic E-state index is -1.11. The smallest absolute Gasteiger partial charge is 0.0691 e. The van der Waals surface area contributed by atoms with E-state index in [-0.39, 0.29) is 17.2 Å². The Labute approximate surface area is 179 Å². The van der Waals surface area contributed by atoms with Crippen molar-refractivity contribution in [1.82, 2.24) is 0 Å². The van der Waals surface area contributed by atoms with Gasteiger partial charge in [-0.05, 0) is 0 Å². The first-order valence-electron chi connectivity index (χ1n) is 9.14. The molecule has 0 aromatic rings. The molecular weight excluding hydrogens is 578 g/mol. The molecule has 0 saturated heterocycles. The Hall–Kier alpha value is 2.32. The number of unbranched alkanes of at least 4 members (excludes halogenated alkanes) is 1. The van der Waals surface area contributed by atoms with E-state index in [9.17, 15) is 0 Å². The van der Waals surface area contributed by atoms with E-state index < -0.39 is 32.9 Å². The van der Waals surface area contributed by atoms with Crippen molar-refractivity contribution in [3.05, 3.63) is 9.30 Å². The minimum Gasteiger partial charge on any atom is -0.668 e. The molecule has 2 nitrogen and oxygen atoms in total.